The van der Waals surface area contributed by atoms with Crippen molar-refractivity contribution in [1.82, 2.24) is 5.32 Å². The molecule has 0 aliphatic rings. The third-order valence-corrected chi connectivity index (χ3v) is 3.10. The van der Waals surface area contributed by atoms with Gasteiger partial charge in [-0.15, -0.1) is 12.4 Å². The molecule has 0 radical (unpaired) electrons. The first-order valence-electron chi connectivity index (χ1n) is 5.36. The van der Waals surface area contributed by atoms with Gasteiger partial charge < -0.3 is 11.1 Å². The first-order chi connectivity index (χ1) is 8.43. The number of non-ortho nitro benzene ring substituents is 1. The quantitative estimate of drug-likeness (QED) is 0.623. The average Bonchev–Trinajstić information content (AvgIpc) is 2.31. The minimum atomic E-state index is -0.481. The van der Waals surface area contributed by atoms with Crippen LogP contribution in [0.1, 0.15) is 12.5 Å². The van der Waals surface area contributed by atoms with Crippen LogP contribution in [-0.4, -0.2) is 23.4 Å². The lowest BCUT2D eigenvalue weighted by atomic mass is 10.1. The molecule has 0 saturated heterocycles. The van der Waals surface area contributed by atoms with E-state index in [-0.39, 0.29) is 36.5 Å². The number of nitro groups is 1. The van der Waals surface area contributed by atoms with Crippen LogP contribution in [0.5, 0.6) is 0 Å². The molecule has 8 heteroatoms. The van der Waals surface area contributed by atoms with Crippen molar-refractivity contribution in [2.24, 2.45) is 5.73 Å². The van der Waals surface area contributed by atoms with Crippen molar-refractivity contribution in [3.8, 4) is 0 Å². The Kier molecular flexibility index (Phi) is 7.58. The summed E-state index contributed by atoms with van der Waals surface area (Å²) in [6.45, 7) is 2.18. The van der Waals surface area contributed by atoms with Crippen LogP contribution in [0, 0.1) is 10.1 Å². The summed E-state index contributed by atoms with van der Waals surface area (Å²) in [6, 6.07) is 4.23. The molecule has 0 spiro atoms. The number of amides is 1. The molecule has 19 heavy (non-hydrogen) atoms. The maximum Gasteiger partial charge on any atom is 0.270 e. The molecule has 0 saturated carbocycles. The molecule has 0 bridgehead atoms. The summed E-state index contributed by atoms with van der Waals surface area (Å²) in [7, 11) is 0. The van der Waals surface area contributed by atoms with Crippen molar-refractivity contribution in [3.05, 3.63) is 38.3 Å². The van der Waals surface area contributed by atoms with Gasteiger partial charge in [-0.1, -0.05) is 22.0 Å². The summed E-state index contributed by atoms with van der Waals surface area (Å²) in [5.41, 5.74) is 6.08. The number of benzene rings is 1. The topological polar surface area (TPSA) is 98.3 Å². The van der Waals surface area contributed by atoms with E-state index in [2.05, 4.69) is 21.2 Å². The second-order valence-electron chi connectivity index (χ2n) is 3.91. The smallest absolute Gasteiger partial charge is 0.270 e. The number of nitrogens with one attached hydrogen (secondary N) is 1. The van der Waals surface area contributed by atoms with Gasteiger partial charge in [0.2, 0.25) is 5.91 Å². The lowest BCUT2D eigenvalue weighted by Crippen LogP contribution is -2.38. The van der Waals surface area contributed by atoms with Crippen LogP contribution in [0.15, 0.2) is 22.7 Å². The maximum absolute atomic E-state index is 11.6. The first kappa shape index (κ1) is 17.8. The minimum Gasteiger partial charge on any atom is -0.352 e. The Morgan fingerprint density at radius 1 is 1.58 bits per heavy atom. The Hall–Kier alpha value is -1.18. The SMILES string of the molecule is C[C@@H](CN)NC(=O)Cc1ccc([N+](=O)[O-])cc1Br.Cl. The summed E-state index contributed by atoms with van der Waals surface area (Å²) < 4.78 is 0.548. The van der Waals surface area contributed by atoms with E-state index in [1.165, 1.54) is 12.1 Å². The third-order valence-electron chi connectivity index (χ3n) is 2.36. The third kappa shape index (κ3) is 5.54. The Morgan fingerprint density at radius 3 is 2.68 bits per heavy atom. The second kappa shape index (κ2) is 8.08. The van der Waals surface area contributed by atoms with E-state index in [0.29, 0.717) is 16.6 Å². The van der Waals surface area contributed by atoms with Crippen molar-refractivity contribution < 1.29 is 9.72 Å². The fourth-order valence-corrected chi connectivity index (χ4v) is 1.86. The molecule has 1 aromatic rings. The largest absolute Gasteiger partial charge is 0.352 e. The molecular weight excluding hydrogens is 337 g/mol. The Labute approximate surface area is 125 Å². The zero-order valence-corrected chi connectivity index (χ0v) is 12.7. The predicted molar refractivity (Wildman–Crippen MR) is 78.4 cm³/mol. The number of carbonyl (C=O) groups is 1. The molecule has 1 atom stereocenters. The molecule has 106 valence electrons. The fourth-order valence-electron chi connectivity index (χ4n) is 1.35. The number of carbonyl (C=O) groups excluding carboxylic acids is 1. The number of nitrogens with zero attached hydrogens (tertiary/aromatic N) is 1. The molecule has 0 unspecified atom stereocenters. The van der Waals surface area contributed by atoms with Crippen LogP contribution >= 0.6 is 28.3 Å². The molecule has 1 aromatic carbocycles. The average molecular weight is 353 g/mol. The van der Waals surface area contributed by atoms with Crippen LogP contribution in [0.25, 0.3) is 0 Å². The lowest BCUT2D eigenvalue weighted by molar-refractivity contribution is -0.384. The van der Waals surface area contributed by atoms with Crippen molar-refractivity contribution in [2.75, 3.05) is 6.54 Å². The van der Waals surface area contributed by atoms with Gasteiger partial charge in [0.1, 0.15) is 0 Å². The van der Waals surface area contributed by atoms with Crippen LogP contribution in [0.4, 0.5) is 5.69 Å². The molecule has 0 aliphatic carbocycles. The molecule has 0 fully saturated rings. The monoisotopic (exact) mass is 351 g/mol. The normalized spacial score (nSPS) is 11.3. The van der Waals surface area contributed by atoms with Crippen LogP contribution in [0.3, 0.4) is 0 Å². The van der Waals surface area contributed by atoms with E-state index in [9.17, 15) is 14.9 Å². The Bertz CT molecular complexity index is 470. The molecule has 3 N–H and O–H groups in total. The summed E-state index contributed by atoms with van der Waals surface area (Å²) in [5.74, 6) is -0.164. The van der Waals surface area contributed by atoms with Gasteiger partial charge in [-0.3, -0.25) is 14.9 Å². The molecule has 6 nitrogen and oxygen atoms in total. The number of halogens is 2. The van der Waals surface area contributed by atoms with Gasteiger partial charge in [-0.25, -0.2) is 0 Å². The number of nitrogens with two attached hydrogens (primary N) is 1. The Balaban J connectivity index is 0.00000324. The number of hydrogen-bond donors (Lipinski definition) is 2. The highest BCUT2D eigenvalue weighted by atomic mass is 79.9. The number of hydrogen-bond acceptors (Lipinski definition) is 4. The van der Waals surface area contributed by atoms with E-state index in [1.54, 1.807) is 6.07 Å². The molecule has 0 aliphatic heterocycles. The summed E-state index contributed by atoms with van der Waals surface area (Å²) in [6.07, 6.45) is 0.156. The van der Waals surface area contributed by atoms with Crippen molar-refractivity contribution in [2.45, 2.75) is 19.4 Å². The Morgan fingerprint density at radius 2 is 2.21 bits per heavy atom. The minimum absolute atomic E-state index is 0. The van der Waals surface area contributed by atoms with E-state index >= 15 is 0 Å². The van der Waals surface area contributed by atoms with Crippen LogP contribution in [-0.2, 0) is 11.2 Å². The van der Waals surface area contributed by atoms with Gasteiger partial charge in [0.05, 0.1) is 11.3 Å². The van der Waals surface area contributed by atoms with Crippen molar-refractivity contribution >= 4 is 39.9 Å². The molecular formula is C11H15BrClN3O3. The van der Waals surface area contributed by atoms with Gasteiger partial charge in [0.25, 0.3) is 5.69 Å². The number of rotatable bonds is 5. The number of nitro benzene ring substituents is 1. The van der Waals surface area contributed by atoms with Crippen molar-refractivity contribution in [1.29, 1.82) is 0 Å². The van der Waals surface area contributed by atoms with E-state index < -0.39 is 4.92 Å². The van der Waals surface area contributed by atoms with Crippen LogP contribution in [0.2, 0.25) is 0 Å². The molecule has 0 aromatic heterocycles. The van der Waals surface area contributed by atoms with E-state index in [1.807, 2.05) is 6.92 Å². The molecule has 1 amide bonds. The van der Waals surface area contributed by atoms with Gasteiger partial charge in [-0.05, 0) is 12.5 Å². The zero-order valence-electron chi connectivity index (χ0n) is 10.3. The standard InChI is InChI=1S/C11H14BrN3O3.ClH/c1-7(6-13)14-11(16)4-8-2-3-9(15(17)18)5-10(8)12;/h2-3,5,7H,4,6,13H2,1H3,(H,14,16);1H/t7-;/m0./s1. The molecule has 1 rings (SSSR count). The van der Waals surface area contributed by atoms with Gasteiger partial charge >= 0.3 is 0 Å². The summed E-state index contributed by atoms with van der Waals surface area (Å²) in [5, 5.41) is 13.3. The van der Waals surface area contributed by atoms with Gasteiger partial charge in [0.15, 0.2) is 0 Å². The van der Waals surface area contributed by atoms with Gasteiger partial charge in [0, 0.05) is 29.2 Å². The second-order valence-corrected chi connectivity index (χ2v) is 4.77. The predicted octanol–water partition coefficient (Wildman–Crippen LogP) is 1.79. The van der Waals surface area contributed by atoms with Crippen molar-refractivity contribution in [3.63, 3.8) is 0 Å². The van der Waals surface area contributed by atoms with E-state index in [4.69, 9.17) is 5.73 Å². The maximum atomic E-state index is 11.6. The van der Waals surface area contributed by atoms with E-state index in [0.717, 1.165) is 0 Å². The highest BCUT2D eigenvalue weighted by Crippen LogP contribution is 2.23. The van der Waals surface area contributed by atoms with Gasteiger partial charge in [-0.2, -0.15) is 0 Å². The highest BCUT2D eigenvalue weighted by Gasteiger charge is 2.12. The molecule has 0 heterocycles. The first-order valence-corrected chi connectivity index (χ1v) is 6.15. The zero-order chi connectivity index (χ0) is 13.7. The summed E-state index contributed by atoms with van der Waals surface area (Å²) in [4.78, 5) is 21.7. The fraction of sp³-hybridized carbons (Fsp3) is 0.364. The van der Waals surface area contributed by atoms with Crippen LogP contribution < -0.4 is 11.1 Å². The highest BCUT2D eigenvalue weighted by molar-refractivity contribution is 9.10. The summed E-state index contributed by atoms with van der Waals surface area (Å²) >= 11 is 3.22. The lowest BCUT2D eigenvalue weighted by Gasteiger charge is -2.11.